The Balaban J connectivity index is 1.68. The fraction of sp³-hybridized carbons (Fsp3) is 0.111. The Morgan fingerprint density at radius 2 is 1.79 bits per heavy atom. The molecule has 0 saturated heterocycles. The molecule has 1 aromatic heterocycles. The standard InChI is InChI=1S/C18H15ClN2O5S2/c1-10(17(22)21-11-6-8-12(9-7-11)28(20,24)25)26-18(23)16-15(19)13-4-2-3-5-14(13)27-16/h2-10H,1H3,(H,21,22)(H2,20,24,25)/t10-/m0/s1. The lowest BCUT2D eigenvalue weighted by Crippen LogP contribution is -2.29. The number of anilines is 1. The van der Waals surface area contributed by atoms with Crippen LogP contribution in [0.25, 0.3) is 10.1 Å². The predicted octanol–water partition coefficient (Wildman–Crippen LogP) is 3.39. The zero-order valence-electron chi connectivity index (χ0n) is 14.5. The van der Waals surface area contributed by atoms with Crippen LogP contribution in [0.4, 0.5) is 5.69 Å². The summed E-state index contributed by atoms with van der Waals surface area (Å²) < 4.78 is 28.5. The van der Waals surface area contributed by atoms with Crippen molar-refractivity contribution in [3.05, 3.63) is 58.4 Å². The number of nitrogens with one attached hydrogen (secondary N) is 1. The second-order valence-corrected chi connectivity index (χ2v) is 8.84. The Labute approximate surface area is 170 Å². The van der Waals surface area contributed by atoms with Gasteiger partial charge in [-0.05, 0) is 37.3 Å². The van der Waals surface area contributed by atoms with Crippen LogP contribution in [0.3, 0.4) is 0 Å². The van der Waals surface area contributed by atoms with Crippen LogP contribution < -0.4 is 10.5 Å². The van der Waals surface area contributed by atoms with E-state index in [-0.39, 0.29) is 14.8 Å². The van der Waals surface area contributed by atoms with Crippen molar-refractivity contribution >= 4 is 60.6 Å². The van der Waals surface area contributed by atoms with Gasteiger partial charge in [0.25, 0.3) is 5.91 Å². The summed E-state index contributed by atoms with van der Waals surface area (Å²) in [7, 11) is -3.82. The van der Waals surface area contributed by atoms with E-state index in [9.17, 15) is 18.0 Å². The first-order chi connectivity index (χ1) is 13.2. The number of carbonyl (C=O) groups is 2. The monoisotopic (exact) mass is 438 g/mol. The molecule has 0 unspecified atom stereocenters. The molecule has 3 rings (SSSR count). The Morgan fingerprint density at radius 1 is 1.14 bits per heavy atom. The van der Waals surface area contributed by atoms with E-state index >= 15 is 0 Å². The van der Waals surface area contributed by atoms with Crippen molar-refractivity contribution in [1.82, 2.24) is 0 Å². The maximum Gasteiger partial charge on any atom is 0.350 e. The molecule has 0 bridgehead atoms. The van der Waals surface area contributed by atoms with Gasteiger partial charge in [-0.3, -0.25) is 4.79 Å². The van der Waals surface area contributed by atoms with E-state index in [0.717, 1.165) is 10.1 Å². The average Bonchev–Trinajstić information content (AvgIpc) is 2.98. The summed E-state index contributed by atoms with van der Waals surface area (Å²) in [5.41, 5.74) is 0.334. The highest BCUT2D eigenvalue weighted by molar-refractivity contribution is 7.89. The smallest absolute Gasteiger partial charge is 0.350 e. The Morgan fingerprint density at radius 3 is 2.39 bits per heavy atom. The van der Waals surface area contributed by atoms with E-state index in [1.54, 1.807) is 6.07 Å². The summed E-state index contributed by atoms with van der Waals surface area (Å²) in [5, 5.41) is 8.59. The van der Waals surface area contributed by atoms with Crippen LogP contribution in [0, 0.1) is 0 Å². The van der Waals surface area contributed by atoms with E-state index in [0.29, 0.717) is 5.69 Å². The first kappa shape index (κ1) is 20.3. The molecule has 28 heavy (non-hydrogen) atoms. The molecule has 10 heteroatoms. The van der Waals surface area contributed by atoms with E-state index in [1.807, 2.05) is 18.2 Å². The van der Waals surface area contributed by atoms with Crippen LogP contribution in [-0.4, -0.2) is 26.4 Å². The van der Waals surface area contributed by atoms with Crippen LogP contribution in [0.1, 0.15) is 16.6 Å². The zero-order valence-corrected chi connectivity index (χ0v) is 16.9. The number of benzene rings is 2. The third-order valence-electron chi connectivity index (χ3n) is 3.82. The predicted molar refractivity (Wildman–Crippen MR) is 108 cm³/mol. The van der Waals surface area contributed by atoms with E-state index in [4.69, 9.17) is 21.5 Å². The molecule has 3 N–H and O–H groups in total. The molecular weight excluding hydrogens is 424 g/mol. The lowest BCUT2D eigenvalue weighted by atomic mass is 10.2. The third-order valence-corrected chi connectivity index (χ3v) is 6.41. The molecule has 1 atom stereocenters. The summed E-state index contributed by atoms with van der Waals surface area (Å²) in [6, 6.07) is 12.6. The Kier molecular flexibility index (Phi) is 5.71. The molecule has 0 radical (unpaired) electrons. The summed E-state index contributed by atoms with van der Waals surface area (Å²) in [6.45, 7) is 1.42. The number of sulfonamides is 1. The number of fused-ring (bicyclic) bond motifs is 1. The summed E-state index contributed by atoms with van der Waals surface area (Å²) in [4.78, 5) is 24.8. The molecule has 3 aromatic rings. The molecule has 0 spiro atoms. The highest BCUT2D eigenvalue weighted by Gasteiger charge is 2.23. The SMILES string of the molecule is C[C@H](OC(=O)c1sc2ccccc2c1Cl)C(=O)Nc1ccc(S(N)(=O)=O)cc1. The number of hydrogen-bond acceptors (Lipinski definition) is 6. The number of primary sulfonamides is 1. The van der Waals surface area contributed by atoms with Crippen LogP contribution in [0.5, 0.6) is 0 Å². The molecule has 0 aliphatic carbocycles. The number of ether oxygens (including phenoxy) is 1. The number of thiophene rings is 1. The number of esters is 1. The molecule has 0 saturated carbocycles. The number of nitrogens with two attached hydrogens (primary N) is 1. The summed E-state index contributed by atoms with van der Waals surface area (Å²) in [6.07, 6.45) is -1.09. The van der Waals surface area contributed by atoms with Crippen molar-refractivity contribution in [1.29, 1.82) is 0 Å². The molecule has 1 heterocycles. The van der Waals surface area contributed by atoms with Crippen LogP contribution >= 0.6 is 22.9 Å². The van der Waals surface area contributed by atoms with Crippen molar-refractivity contribution in [2.45, 2.75) is 17.9 Å². The minimum Gasteiger partial charge on any atom is -0.448 e. The minimum absolute atomic E-state index is 0.0793. The van der Waals surface area contributed by atoms with Crippen molar-refractivity contribution in [3.8, 4) is 0 Å². The van der Waals surface area contributed by atoms with Gasteiger partial charge >= 0.3 is 5.97 Å². The number of amides is 1. The highest BCUT2D eigenvalue weighted by atomic mass is 35.5. The first-order valence-corrected chi connectivity index (χ1v) is 10.7. The van der Waals surface area contributed by atoms with Gasteiger partial charge in [0.2, 0.25) is 10.0 Å². The number of rotatable bonds is 5. The van der Waals surface area contributed by atoms with Gasteiger partial charge < -0.3 is 10.1 Å². The molecule has 0 aliphatic rings. The second-order valence-electron chi connectivity index (χ2n) is 5.85. The van der Waals surface area contributed by atoms with E-state index < -0.39 is 28.0 Å². The van der Waals surface area contributed by atoms with Crippen molar-refractivity contribution in [2.24, 2.45) is 5.14 Å². The summed E-state index contributed by atoms with van der Waals surface area (Å²) >= 11 is 7.43. The van der Waals surface area contributed by atoms with Gasteiger partial charge in [0.15, 0.2) is 6.10 Å². The molecule has 2 aromatic carbocycles. The maximum atomic E-state index is 12.4. The molecule has 7 nitrogen and oxygen atoms in total. The van der Waals surface area contributed by atoms with Crippen LogP contribution in [0.2, 0.25) is 5.02 Å². The van der Waals surface area contributed by atoms with E-state index in [1.165, 1.54) is 42.5 Å². The molecular formula is C18H15ClN2O5S2. The van der Waals surface area contributed by atoms with Crippen molar-refractivity contribution in [2.75, 3.05) is 5.32 Å². The van der Waals surface area contributed by atoms with Crippen LogP contribution in [-0.2, 0) is 19.6 Å². The van der Waals surface area contributed by atoms with Gasteiger partial charge in [-0.15, -0.1) is 11.3 Å². The van der Waals surface area contributed by atoms with Crippen LogP contribution in [0.15, 0.2) is 53.4 Å². The van der Waals surface area contributed by atoms with Crippen molar-refractivity contribution < 1.29 is 22.7 Å². The molecule has 146 valence electrons. The quantitative estimate of drug-likeness (QED) is 0.592. The molecule has 0 fully saturated rings. The topological polar surface area (TPSA) is 116 Å². The number of carbonyl (C=O) groups excluding carboxylic acids is 2. The van der Waals surface area contributed by atoms with Gasteiger partial charge in [-0.1, -0.05) is 29.8 Å². The number of halogens is 1. The largest absolute Gasteiger partial charge is 0.448 e. The first-order valence-electron chi connectivity index (χ1n) is 7.98. The summed E-state index contributed by atoms with van der Waals surface area (Å²) in [5.74, 6) is -1.27. The van der Waals surface area contributed by atoms with Gasteiger partial charge in [-0.2, -0.15) is 0 Å². The average molecular weight is 439 g/mol. The highest BCUT2D eigenvalue weighted by Crippen LogP contribution is 2.35. The normalized spacial score (nSPS) is 12.5. The lowest BCUT2D eigenvalue weighted by Gasteiger charge is -2.13. The Bertz CT molecular complexity index is 1160. The molecule has 0 aliphatic heterocycles. The van der Waals surface area contributed by atoms with Crippen molar-refractivity contribution in [3.63, 3.8) is 0 Å². The molecule has 1 amide bonds. The lowest BCUT2D eigenvalue weighted by molar-refractivity contribution is -0.123. The maximum absolute atomic E-state index is 12.4. The van der Waals surface area contributed by atoms with Gasteiger partial charge in [0, 0.05) is 15.8 Å². The zero-order chi connectivity index (χ0) is 20.5. The fourth-order valence-electron chi connectivity index (χ4n) is 2.38. The van der Waals surface area contributed by atoms with Gasteiger partial charge in [-0.25, -0.2) is 18.4 Å². The third kappa shape index (κ3) is 4.33. The van der Waals surface area contributed by atoms with Gasteiger partial charge in [0.1, 0.15) is 4.88 Å². The number of hydrogen-bond donors (Lipinski definition) is 2. The van der Waals surface area contributed by atoms with Gasteiger partial charge in [0.05, 0.1) is 9.92 Å². The minimum atomic E-state index is -3.82. The second kappa shape index (κ2) is 7.88. The van der Waals surface area contributed by atoms with E-state index in [2.05, 4.69) is 5.32 Å². The Hall–Kier alpha value is -2.46. The fourth-order valence-corrected chi connectivity index (χ4v) is 4.29.